The zero-order chi connectivity index (χ0) is 28.9. The van der Waals surface area contributed by atoms with Gasteiger partial charge in [0.05, 0.1) is 16.6 Å². The predicted molar refractivity (Wildman–Crippen MR) is 183 cm³/mol. The van der Waals surface area contributed by atoms with Gasteiger partial charge in [-0.1, -0.05) is 66.7 Å². The minimum Gasteiger partial charge on any atom is -0.438 e. The number of aryl methyl sites for hydroxylation is 1. The molecular formula is C40H25N3O. The van der Waals surface area contributed by atoms with Gasteiger partial charge in [0.1, 0.15) is 5.58 Å². The summed E-state index contributed by atoms with van der Waals surface area (Å²) < 4.78 is 8.63. The van der Waals surface area contributed by atoms with Crippen LogP contribution in [0.2, 0.25) is 0 Å². The van der Waals surface area contributed by atoms with E-state index in [1.807, 2.05) is 0 Å². The lowest BCUT2D eigenvalue weighted by atomic mass is 10.0. The molecule has 0 saturated heterocycles. The average Bonchev–Trinajstić information content (AvgIpc) is 3.72. The van der Waals surface area contributed by atoms with E-state index >= 15 is 0 Å². The van der Waals surface area contributed by atoms with Crippen LogP contribution in [0.15, 0.2) is 132 Å². The van der Waals surface area contributed by atoms with Gasteiger partial charge in [-0.25, -0.2) is 4.98 Å². The molecule has 6 aromatic carbocycles. The van der Waals surface area contributed by atoms with E-state index in [1.54, 1.807) is 0 Å². The van der Waals surface area contributed by atoms with Crippen molar-refractivity contribution in [2.45, 2.75) is 6.92 Å². The van der Waals surface area contributed by atoms with Crippen LogP contribution >= 0.6 is 0 Å². The van der Waals surface area contributed by atoms with Gasteiger partial charge in [0.25, 0.3) is 0 Å². The molecule has 10 rings (SSSR count). The van der Waals surface area contributed by atoms with Gasteiger partial charge in [-0.15, -0.1) is 0 Å². The molecule has 10 aromatic rings. The highest BCUT2D eigenvalue weighted by Gasteiger charge is 2.17. The van der Waals surface area contributed by atoms with Gasteiger partial charge in [-0.05, 0) is 84.3 Å². The van der Waals surface area contributed by atoms with Gasteiger partial charge in [-0.3, -0.25) is 0 Å². The molecule has 0 aliphatic heterocycles. The molecule has 0 aliphatic carbocycles. The molecular weight excluding hydrogens is 538 g/mol. The van der Waals surface area contributed by atoms with Crippen LogP contribution in [-0.4, -0.2) is 14.5 Å². The Balaban J connectivity index is 1.18. The van der Waals surface area contributed by atoms with Crippen molar-refractivity contribution in [3.8, 4) is 16.8 Å². The Bertz CT molecular complexity index is 2790. The van der Waals surface area contributed by atoms with Crippen molar-refractivity contribution in [2.24, 2.45) is 0 Å². The summed E-state index contributed by atoms with van der Waals surface area (Å²) in [6.07, 6.45) is 0. The van der Waals surface area contributed by atoms with E-state index in [9.17, 15) is 0 Å². The molecule has 0 bridgehead atoms. The number of pyridine rings is 1. The quantitative estimate of drug-likeness (QED) is 0.227. The minimum atomic E-state index is 0.679. The Morgan fingerprint density at radius 1 is 0.568 bits per heavy atom. The number of rotatable bonds is 2. The zero-order valence-corrected chi connectivity index (χ0v) is 23.9. The molecule has 1 N–H and O–H groups in total. The number of aromatic amines is 1. The van der Waals surface area contributed by atoms with Gasteiger partial charge in [-0.2, -0.15) is 0 Å². The Morgan fingerprint density at radius 2 is 1.34 bits per heavy atom. The highest BCUT2D eigenvalue weighted by atomic mass is 16.3. The number of H-pyrrole nitrogens is 1. The first-order valence-corrected chi connectivity index (χ1v) is 15.0. The van der Waals surface area contributed by atoms with Gasteiger partial charge < -0.3 is 14.0 Å². The summed E-state index contributed by atoms with van der Waals surface area (Å²) in [7, 11) is 0. The van der Waals surface area contributed by atoms with Gasteiger partial charge in [0.2, 0.25) is 5.71 Å². The molecule has 44 heavy (non-hydrogen) atoms. The third-order valence-corrected chi connectivity index (χ3v) is 9.24. The van der Waals surface area contributed by atoms with Crippen molar-refractivity contribution in [1.82, 2.24) is 14.5 Å². The van der Waals surface area contributed by atoms with E-state index in [0.717, 1.165) is 44.0 Å². The lowest BCUT2D eigenvalue weighted by Crippen LogP contribution is -1.93. The molecule has 0 saturated carbocycles. The summed E-state index contributed by atoms with van der Waals surface area (Å²) in [5.41, 5.74) is 11.9. The number of benzene rings is 6. The number of furan rings is 1. The molecule has 4 heterocycles. The van der Waals surface area contributed by atoms with Crippen molar-refractivity contribution in [3.05, 3.63) is 133 Å². The van der Waals surface area contributed by atoms with Crippen LogP contribution in [0.3, 0.4) is 0 Å². The molecule has 4 heteroatoms. The van der Waals surface area contributed by atoms with Crippen molar-refractivity contribution in [2.75, 3.05) is 0 Å². The smallest absolute Gasteiger partial charge is 0.227 e. The normalized spacial score (nSPS) is 12.2. The fourth-order valence-corrected chi connectivity index (χ4v) is 7.12. The van der Waals surface area contributed by atoms with Crippen molar-refractivity contribution in [1.29, 1.82) is 0 Å². The van der Waals surface area contributed by atoms with Gasteiger partial charge in [0.15, 0.2) is 0 Å². The maximum atomic E-state index is 6.26. The lowest BCUT2D eigenvalue weighted by molar-refractivity contribution is 0.656. The van der Waals surface area contributed by atoms with Crippen molar-refractivity contribution >= 4 is 76.6 Å². The lowest BCUT2D eigenvalue weighted by Gasteiger charge is -2.09. The highest BCUT2D eigenvalue weighted by molar-refractivity contribution is 6.13. The summed E-state index contributed by atoms with van der Waals surface area (Å²) in [6, 6.07) is 45.8. The fraction of sp³-hybridized carbons (Fsp3) is 0.0250. The molecule has 0 aliphatic rings. The maximum absolute atomic E-state index is 6.26. The van der Waals surface area contributed by atoms with Crippen LogP contribution in [0.5, 0.6) is 0 Å². The van der Waals surface area contributed by atoms with E-state index in [2.05, 4.69) is 144 Å². The number of nitrogens with zero attached hydrogens (tertiary/aromatic N) is 2. The number of para-hydroxylation sites is 3. The number of hydrogen-bond donors (Lipinski definition) is 1. The maximum Gasteiger partial charge on any atom is 0.227 e. The molecule has 0 radical (unpaired) electrons. The number of hydrogen-bond acceptors (Lipinski definition) is 2. The van der Waals surface area contributed by atoms with Crippen LogP contribution in [0.4, 0.5) is 0 Å². The first-order valence-electron chi connectivity index (χ1n) is 15.0. The summed E-state index contributed by atoms with van der Waals surface area (Å²) in [5.74, 6) is 0. The molecule has 0 atom stereocenters. The number of nitrogens with one attached hydrogen (secondary N) is 1. The largest absolute Gasteiger partial charge is 0.438 e. The number of fused-ring (bicyclic) bond motifs is 10. The Hall–Kier alpha value is -5.87. The monoisotopic (exact) mass is 563 g/mol. The third-order valence-electron chi connectivity index (χ3n) is 9.24. The topological polar surface area (TPSA) is 46.8 Å². The minimum absolute atomic E-state index is 0.679. The van der Waals surface area contributed by atoms with Crippen LogP contribution < -0.4 is 0 Å². The van der Waals surface area contributed by atoms with E-state index in [4.69, 9.17) is 9.40 Å². The molecule has 4 nitrogen and oxygen atoms in total. The fourth-order valence-electron chi connectivity index (χ4n) is 7.12. The van der Waals surface area contributed by atoms with Crippen LogP contribution in [0.1, 0.15) is 5.56 Å². The van der Waals surface area contributed by atoms with E-state index in [-0.39, 0.29) is 0 Å². The van der Waals surface area contributed by atoms with E-state index in [1.165, 1.54) is 49.2 Å². The number of aromatic nitrogens is 3. The zero-order valence-electron chi connectivity index (χ0n) is 23.9. The van der Waals surface area contributed by atoms with Crippen LogP contribution in [0, 0.1) is 6.92 Å². The molecule has 0 unspecified atom stereocenters. The third kappa shape index (κ3) is 3.25. The summed E-state index contributed by atoms with van der Waals surface area (Å²) in [6.45, 7) is 2.09. The second-order valence-electron chi connectivity index (χ2n) is 11.8. The first kappa shape index (κ1) is 23.7. The van der Waals surface area contributed by atoms with E-state index < -0.39 is 0 Å². The average molecular weight is 564 g/mol. The van der Waals surface area contributed by atoms with Gasteiger partial charge >= 0.3 is 0 Å². The molecule has 0 amide bonds. The predicted octanol–water partition coefficient (Wildman–Crippen LogP) is 10.8. The first-order chi connectivity index (χ1) is 21.7. The van der Waals surface area contributed by atoms with Crippen LogP contribution in [0.25, 0.3) is 93.4 Å². The standard InChI is InChI=1S/C40H25N3O/c1-23-7-6-8-26-21-33-32-22-27(15-18-38(32)44-40(33)42-39(23)26)43-36-12-5-3-10-29(36)31-20-25(14-17-37(31)43)24-13-16-35-30(19-24)28-9-2-4-11-34(28)41-35/h2-22,41H,1H3. The van der Waals surface area contributed by atoms with Crippen molar-refractivity contribution < 1.29 is 4.42 Å². The Morgan fingerprint density at radius 3 is 2.27 bits per heavy atom. The summed E-state index contributed by atoms with van der Waals surface area (Å²) in [4.78, 5) is 8.45. The summed E-state index contributed by atoms with van der Waals surface area (Å²) >= 11 is 0. The highest BCUT2D eigenvalue weighted by Crippen LogP contribution is 2.38. The van der Waals surface area contributed by atoms with Gasteiger partial charge in [0, 0.05) is 54.4 Å². The molecule has 0 spiro atoms. The van der Waals surface area contributed by atoms with Crippen molar-refractivity contribution in [3.63, 3.8) is 0 Å². The molecule has 0 fully saturated rings. The Labute approximate surface area is 251 Å². The SMILES string of the molecule is Cc1cccc2cc3c(nc12)oc1ccc(-n2c4ccccc4c4cc(-c5ccc6[nH]c7ccccc7c6c5)ccc42)cc13. The second kappa shape index (κ2) is 8.59. The van der Waals surface area contributed by atoms with E-state index in [0.29, 0.717) is 5.71 Å². The van der Waals surface area contributed by atoms with Crippen LogP contribution in [-0.2, 0) is 0 Å². The Kier molecular flexibility index (Phi) is 4.62. The molecule has 206 valence electrons. The summed E-state index contributed by atoms with van der Waals surface area (Å²) in [5, 5.41) is 8.20. The molecule has 4 aromatic heterocycles. The second-order valence-corrected chi connectivity index (χ2v) is 11.8.